The zero-order valence-corrected chi connectivity index (χ0v) is 15.5. The van der Waals surface area contributed by atoms with E-state index in [-0.39, 0.29) is 16.7 Å². The molecule has 2 aromatic heterocycles. The minimum atomic E-state index is -0.273. The van der Waals surface area contributed by atoms with Crippen LogP contribution in [-0.2, 0) is 24.2 Å². The predicted molar refractivity (Wildman–Crippen MR) is 97.6 cm³/mol. The minimum Gasteiger partial charge on any atom is -0.337 e. The summed E-state index contributed by atoms with van der Waals surface area (Å²) >= 11 is 3.09. The number of thiophene rings is 1. The largest absolute Gasteiger partial charge is 0.337 e. The number of H-pyrrole nitrogens is 1. The Hall–Kier alpha value is -1.60. The van der Waals surface area contributed by atoms with Crippen LogP contribution in [-0.4, -0.2) is 32.6 Å². The average molecular weight is 364 g/mol. The van der Waals surface area contributed by atoms with Gasteiger partial charge in [0.25, 0.3) is 5.56 Å². The summed E-state index contributed by atoms with van der Waals surface area (Å²) in [6, 6.07) is 3.63. The van der Waals surface area contributed by atoms with Crippen LogP contribution < -0.4 is 5.56 Å². The maximum atomic E-state index is 12.7. The van der Waals surface area contributed by atoms with Crippen molar-refractivity contribution in [1.82, 2.24) is 14.9 Å². The van der Waals surface area contributed by atoms with Gasteiger partial charge in [-0.25, -0.2) is 4.98 Å². The number of hydrogen-bond acceptors (Lipinski definition) is 5. The van der Waals surface area contributed by atoms with Gasteiger partial charge >= 0.3 is 0 Å². The number of amides is 1. The molecule has 1 atom stereocenters. The molecule has 0 fully saturated rings. The molecule has 0 bridgehead atoms. The van der Waals surface area contributed by atoms with Gasteiger partial charge in [0.05, 0.1) is 5.25 Å². The van der Waals surface area contributed by atoms with Crippen molar-refractivity contribution in [3.8, 4) is 0 Å². The lowest BCUT2D eigenvalue weighted by Gasteiger charge is -2.29. The molecule has 1 aliphatic rings. The van der Waals surface area contributed by atoms with Gasteiger partial charge in [-0.3, -0.25) is 9.59 Å². The smallest absolute Gasteiger partial charge is 0.251 e. The number of fused-ring (bicyclic) bond motifs is 1. The maximum Gasteiger partial charge on any atom is 0.251 e. The zero-order valence-electron chi connectivity index (χ0n) is 13.9. The van der Waals surface area contributed by atoms with Gasteiger partial charge in [-0.2, -0.15) is 0 Å². The number of rotatable bonds is 5. The molecule has 0 radical (unpaired) electrons. The van der Waals surface area contributed by atoms with Crippen molar-refractivity contribution in [3.05, 3.63) is 44.0 Å². The van der Waals surface area contributed by atoms with E-state index in [4.69, 9.17) is 0 Å². The van der Waals surface area contributed by atoms with E-state index in [0.29, 0.717) is 11.7 Å². The molecule has 7 heteroatoms. The molecule has 0 saturated carbocycles. The zero-order chi connectivity index (χ0) is 17.1. The molecule has 0 aliphatic carbocycles. The third kappa shape index (κ3) is 3.89. The Labute approximate surface area is 149 Å². The summed E-state index contributed by atoms with van der Waals surface area (Å²) in [6.07, 6.45) is 2.63. The van der Waals surface area contributed by atoms with Crippen LogP contribution in [0.5, 0.6) is 0 Å². The molecular formula is C17H21N3O2S2. The third-order valence-corrected chi connectivity index (χ3v) is 6.03. The van der Waals surface area contributed by atoms with Gasteiger partial charge in [0, 0.05) is 29.7 Å². The number of nitrogens with one attached hydrogen (secondary N) is 1. The fraction of sp³-hybridized carbons (Fsp3) is 0.471. The highest BCUT2D eigenvalue weighted by Gasteiger charge is 2.26. The fourth-order valence-corrected chi connectivity index (χ4v) is 4.64. The molecule has 24 heavy (non-hydrogen) atoms. The second-order valence-electron chi connectivity index (χ2n) is 5.93. The third-order valence-electron chi connectivity index (χ3n) is 4.03. The Kier molecular flexibility index (Phi) is 5.40. The second kappa shape index (κ2) is 7.53. The number of carbonyl (C=O) groups is 1. The first kappa shape index (κ1) is 17.2. The van der Waals surface area contributed by atoms with E-state index in [0.717, 1.165) is 31.5 Å². The Morgan fingerprint density at radius 2 is 2.38 bits per heavy atom. The van der Waals surface area contributed by atoms with Crippen molar-refractivity contribution in [2.75, 3.05) is 6.54 Å². The first-order valence-electron chi connectivity index (χ1n) is 8.17. The number of hydrogen-bond donors (Lipinski definition) is 1. The van der Waals surface area contributed by atoms with Crippen LogP contribution in [0.2, 0.25) is 0 Å². The van der Waals surface area contributed by atoms with E-state index in [1.54, 1.807) is 11.3 Å². The van der Waals surface area contributed by atoms with Gasteiger partial charge in [0.15, 0.2) is 5.16 Å². The predicted octanol–water partition coefficient (Wildman–Crippen LogP) is 2.85. The Balaban J connectivity index is 1.67. The monoisotopic (exact) mass is 363 g/mol. The van der Waals surface area contributed by atoms with E-state index < -0.39 is 0 Å². The number of nitrogens with zero attached hydrogens (tertiary/aromatic N) is 2. The lowest BCUT2D eigenvalue weighted by Crippen LogP contribution is -2.39. The first-order valence-corrected chi connectivity index (χ1v) is 9.93. The van der Waals surface area contributed by atoms with Crippen molar-refractivity contribution in [1.29, 1.82) is 0 Å². The van der Waals surface area contributed by atoms with Crippen LogP contribution in [0.3, 0.4) is 0 Å². The summed E-state index contributed by atoms with van der Waals surface area (Å²) in [5.41, 5.74) is 1.88. The molecule has 3 heterocycles. The Morgan fingerprint density at radius 1 is 1.54 bits per heavy atom. The summed E-state index contributed by atoms with van der Waals surface area (Å²) in [7, 11) is 0. The highest BCUT2D eigenvalue weighted by Crippen LogP contribution is 2.27. The summed E-state index contributed by atoms with van der Waals surface area (Å²) in [5, 5.41) is 2.34. The number of thioether (sulfide) groups is 1. The molecule has 0 saturated heterocycles. The van der Waals surface area contributed by atoms with E-state index in [2.05, 4.69) is 28.3 Å². The van der Waals surface area contributed by atoms with Gasteiger partial charge < -0.3 is 9.88 Å². The first-order chi connectivity index (χ1) is 11.6. The SMILES string of the molecule is CCCc1cc(=O)[nH]c(SC(C)C(=O)N2CCc3sccc3C2)n1. The van der Waals surface area contributed by atoms with E-state index in [9.17, 15) is 9.59 Å². The van der Waals surface area contributed by atoms with E-state index in [1.807, 2.05) is 11.8 Å². The van der Waals surface area contributed by atoms with Crippen molar-refractivity contribution in [3.63, 3.8) is 0 Å². The molecule has 3 rings (SSSR count). The number of carbonyl (C=O) groups excluding carboxylic acids is 1. The average Bonchev–Trinajstić information content (AvgIpc) is 3.01. The van der Waals surface area contributed by atoms with E-state index in [1.165, 1.54) is 28.3 Å². The van der Waals surface area contributed by atoms with E-state index >= 15 is 0 Å². The van der Waals surface area contributed by atoms with Gasteiger partial charge in [-0.1, -0.05) is 25.1 Å². The van der Waals surface area contributed by atoms with Crippen LogP contribution in [0.25, 0.3) is 0 Å². The van der Waals surface area contributed by atoms with Crippen LogP contribution in [0.15, 0.2) is 27.5 Å². The topological polar surface area (TPSA) is 66.1 Å². The maximum absolute atomic E-state index is 12.7. The van der Waals surface area contributed by atoms with Gasteiger partial charge in [-0.05, 0) is 36.8 Å². The minimum absolute atomic E-state index is 0.0976. The molecule has 2 aromatic rings. The molecule has 0 spiro atoms. The summed E-state index contributed by atoms with van der Waals surface area (Å²) in [6.45, 7) is 5.37. The quantitative estimate of drug-likeness (QED) is 0.655. The van der Waals surface area contributed by atoms with Crippen LogP contribution in [0.4, 0.5) is 0 Å². The number of aryl methyl sites for hydroxylation is 1. The van der Waals surface area contributed by atoms with Gasteiger partial charge in [0.2, 0.25) is 5.91 Å². The fourth-order valence-electron chi connectivity index (χ4n) is 2.84. The van der Waals surface area contributed by atoms with Crippen LogP contribution in [0.1, 0.15) is 36.4 Å². The van der Waals surface area contributed by atoms with Gasteiger partial charge in [-0.15, -0.1) is 11.3 Å². The molecule has 1 aliphatic heterocycles. The number of aromatic nitrogens is 2. The summed E-state index contributed by atoms with van der Waals surface area (Å²) in [5.74, 6) is 0.0976. The summed E-state index contributed by atoms with van der Waals surface area (Å²) < 4.78 is 0. The van der Waals surface area contributed by atoms with Gasteiger partial charge in [0.1, 0.15) is 0 Å². The second-order valence-corrected chi connectivity index (χ2v) is 8.26. The number of aromatic amines is 1. The van der Waals surface area contributed by atoms with Crippen molar-refractivity contribution >= 4 is 29.0 Å². The molecule has 0 aromatic carbocycles. The van der Waals surface area contributed by atoms with Crippen LogP contribution >= 0.6 is 23.1 Å². The van der Waals surface area contributed by atoms with Crippen LogP contribution in [0, 0.1) is 0 Å². The highest BCUT2D eigenvalue weighted by atomic mass is 32.2. The van der Waals surface area contributed by atoms with Crippen molar-refractivity contribution in [2.45, 2.75) is 50.1 Å². The highest BCUT2D eigenvalue weighted by molar-refractivity contribution is 8.00. The molecular weight excluding hydrogens is 342 g/mol. The molecule has 128 valence electrons. The molecule has 5 nitrogen and oxygen atoms in total. The lowest BCUT2D eigenvalue weighted by atomic mass is 10.1. The standard InChI is InChI=1S/C17H21N3O2S2/c1-3-4-13-9-15(21)19-17(18-13)24-11(2)16(22)20-7-5-14-12(10-20)6-8-23-14/h6,8-9,11H,3-5,7,10H2,1-2H3,(H,18,19,21). The van der Waals surface area contributed by atoms with Crippen molar-refractivity contribution in [2.24, 2.45) is 0 Å². The van der Waals surface area contributed by atoms with Crippen molar-refractivity contribution < 1.29 is 4.79 Å². The molecule has 1 N–H and O–H groups in total. The lowest BCUT2D eigenvalue weighted by molar-refractivity contribution is -0.131. The molecule has 1 amide bonds. The summed E-state index contributed by atoms with van der Waals surface area (Å²) in [4.78, 5) is 34.9. The molecule has 1 unspecified atom stereocenters. The Bertz CT molecular complexity index is 784. The normalized spacial score (nSPS) is 15.2. The Morgan fingerprint density at radius 3 is 3.17 bits per heavy atom.